The van der Waals surface area contributed by atoms with E-state index in [4.69, 9.17) is 4.74 Å². The predicted octanol–water partition coefficient (Wildman–Crippen LogP) is 3.17. The van der Waals surface area contributed by atoms with E-state index in [9.17, 15) is 19.7 Å². The number of thioether (sulfide) groups is 1. The SMILES string of the molecule is O=C(CCN1C(=O)CSc2ccccc21)OCc1ccccc1[N+](=O)[O-]. The minimum atomic E-state index is -0.510. The van der Waals surface area contributed by atoms with Gasteiger partial charge in [-0.15, -0.1) is 11.8 Å². The predicted molar refractivity (Wildman–Crippen MR) is 97.0 cm³/mol. The molecule has 2 aromatic rings. The van der Waals surface area contributed by atoms with Gasteiger partial charge in [0.1, 0.15) is 6.61 Å². The fraction of sp³-hybridized carbons (Fsp3) is 0.222. The summed E-state index contributed by atoms with van der Waals surface area (Å²) in [5.74, 6) is -0.228. The van der Waals surface area contributed by atoms with Crippen molar-refractivity contribution in [2.75, 3.05) is 17.2 Å². The minimum Gasteiger partial charge on any atom is -0.460 e. The molecule has 0 spiro atoms. The molecule has 3 rings (SSSR count). The normalized spacial score (nSPS) is 13.2. The van der Waals surface area contributed by atoms with E-state index in [1.807, 2.05) is 24.3 Å². The number of anilines is 1. The largest absolute Gasteiger partial charge is 0.460 e. The molecule has 0 N–H and O–H groups in total. The van der Waals surface area contributed by atoms with Gasteiger partial charge in [0.2, 0.25) is 5.91 Å². The van der Waals surface area contributed by atoms with Crippen molar-refractivity contribution in [3.05, 3.63) is 64.2 Å². The van der Waals surface area contributed by atoms with E-state index in [0.29, 0.717) is 11.3 Å². The number of hydrogen-bond donors (Lipinski definition) is 0. The summed E-state index contributed by atoms with van der Waals surface area (Å²) in [4.78, 5) is 37.2. The number of carbonyl (C=O) groups excluding carboxylic acids is 2. The van der Waals surface area contributed by atoms with Gasteiger partial charge in [-0.3, -0.25) is 19.7 Å². The van der Waals surface area contributed by atoms with Crippen molar-refractivity contribution in [1.82, 2.24) is 0 Å². The van der Waals surface area contributed by atoms with Crippen LogP contribution in [0.1, 0.15) is 12.0 Å². The van der Waals surface area contributed by atoms with Gasteiger partial charge >= 0.3 is 5.97 Å². The third-order valence-electron chi connectivity index (χ3n) is 3.92. The number of hydrogen-bond acceptors (Lipinski definition) is 6. The van der Waals surface area contributed by atoms with Crippen LogP contribution in [0, 0.1) is 10.1 Å². The molecule has 134 valence electrons. The molecule has 0 radical (unpaired) electrons. The number of esters is 1. The molecule has 26 heavy (non-hydrogen) atoms. The van der Waals surface area contributed by atoms with Crippen LogP contribution in [0.5, 0.6) is 0 Å². The van der Waals surface area contributed by atoms with Crippen molar-refractivity contribution < 1.29 is 19.2 Å². The van der Waals surface area contributed by atoms with Crippen LogP contribution in [-0.2, 0) is 20.9 Å². The molecule has 0 bridgehead atoms. The van der Waals surface area contributed by atoms with Gasteiger partial charge in [0.25, 0.3) is 5.69 Å². The zero-order valence-corrected chi connectivity index (χ0v) is 14.6. The maximum atomic E-state index is 12.1. The van der Waals surface area contributed by atoms with Gasteiger partial charge in [-0.1, -0.05) is 24.3 Å². The first kappa shape index (κ1) is 17.9. The second-order valence-electron chi connectivity index (χ2n) is 5.60. The second-order valence-corrected chi connectivity index (χ2v) is 6.62. The van der Waals surface area contributed by atoms with Crippen LogP contribution in [0.25, 0.3) is 0 Å². The Bertz CT molecular complexity index is 855. The molecule has 2 aromatic carbocycles. The fourth-order valence-corrected chi connectivity index (χ4v) is 3.58. The molecule has 7 nitrogen and oxygen atoms in total. The molecule has 0 aromatic heterocycles. The van der Waals surface area contributed by atoms with Crippen molar-refractivity contribution in [1.29, 1.82) is 0 Å². The molecule has 0 saturated carbocycles. The first-order valence-electron chi connectivity index (χ1n) is 7.96. The van der Waals surface area contributed by atoms with Crippen molar-refractivity contribution >= 4 is 35.0 Å². The number of rotatable bonds is 6. The summed E-state index contributed by atoms with van der Waals surface area (Å²) in [6.45, 7) is 0.0441. The Kier molecular flexibility index (Phi) is 5.52. The number of carbonyl (C=O) groups is 2. The Balaban J connectivity index is 1.58. The topological polar surface area (TPSA) is 89.8 Å². The summed E-state index contributed by atoms with van der Waals surface area (Å²) in [7, 11) is 0. The molecule has 0 saturated heterocycles. The molecular weight excluding hydrogens is 356 g/mol. The summed E-state index contributed by atoms with van der Waals surface area (Å²) in [5.41, 5.74) is 1.04. The molecule has 0 unspecified atom stereocenters. The van der Waals surface area contributed by atoms with Gasteiger partial charge in [0.05, 0.1) is 28.3 Å². The molecule has 0 atom stereocenters. The number of fused-ring (bicyclic) bond motifs is 1. The number of amides is 1. The first-order chi connectivity index (χ1) is 12.6. The quantitative estimate of drug-likeness (QED) is 0.439. The Morgan fingerprint density at radius 3 is 2.73 bits per heavy atom. The molecule has 1 amide bonds. The lowest BCUT2D eigenvalue weighted by Gasteiger charge is -2.28. The lowest BCUT2D eigenvalue weighted by molar-refractivity contribution is -0.385. The van der Waals surface area contributed by atoms with Gasteiger partial charge in [-0.05, 0) is 18.2 Å². The zero-order chi connectivity index (χ0) is 18.5. The average molecular weight is 372 g/mol. The van der Waals surface area contributed by atoms with Gasteiger partial charge in [0, 0.05) is 17.5 Å². The number of para-hydroxylation sites is 2. The highest BCUT2D eigenvalue weighted by atomic mass is 32.2. The molecule has 0 aliphatic carbocycles. The minimum absolute atomic E-state index is 0.0192. The summed E-state index contributed by atoms with van der Waals surface area (Å²) < 4.78 is 5.15. The molecular formula is C18H16N2O5S. The fourth-order valence-electron chi connectivity index (χ4n) is 2.64. The highest BCUT2D eigenvalue weighted by Gasteiger charge is 2.25. The van der Waals surface area contributed by atoms with Crippen LogP contribution in [0.2, 0.25) is 0 Å². The van der Waals surface area contributed by atoms with E-state index < -0.39 is 10.9 Å². The lowest BCUT2D eigenvalue weighted by atomic mass is 10.2. The van der Waals surface area contributed by atoms with Crippen LogP contribution in [0.4, 0.5) is 11.4 Å². The Morgan fingerprint density at radius 1 is 1.19 bits per heavy atom. The van der Waals surface area contributed by atoms with E-state index in [2.05, 4.69) is 0 Å². The molecule has 1 heterocycles. The summed E-state index contributed by atoms with van der Waals surface area (Å²) in [6.07, 6.45) is 0.0192. The molecule has 1 aliphatic rings. The zero-order valence-electron chi connectivity index (χ0n) is 13.8. The van der Waals surface area contributed by atoms with Crippen LogP contribution >= 0.6 is 11.8 Å². The van der Waals surface area contributed by atoms with E-state index >= 15 is 0 Å². The maximum Gasteiger partial charge on any atom is 0.307 e. The van der Waals surface area contributed by atoms with E-state index in [1.54, 1.807) is 23.1 Å². The van der Waals surface area contributed by atoms with Crippen LogP contribution < -0.4 is 4.90 Å². The standard InChI is InChI=1S/C18H16N2O5S/c21-17-12-26-16-8-4-3-7-15(16)19(17)10-9-18(22)25-11-13-5-1-2-6-14(13)20(23)24/h1-8H,9-12H2. The van der Waals surface area contributed by atoms with Crippen LogP contribution in [0.15, 0.2) is 53.4 Å². The number of benzene rings is 2. The summed E-state index contributed by atoms with van der Waals surface area (Å²) in [5, 5.41) is 11.0. The van der Waals surface area contributed by atoms with E-state index in [0.717, 1.165) is 10.6 Å². The third kappa shape index (κ3) is 4.02. The van der Waals surface area contributed by atoms with E-state index in [-0.39, 0.29) is 31.2 Å². The maximum absolute atomic E-state index is 12.1. The molecule has 1 aliphatic heterocycles. The number of nitrogens with zero attached hydrogens (tertiary/aromatic N) is 2. The van der Waals surface area contributed by atoms with Crippen molar-refractivity contribution in [2.24, 2.45) is 0 Å². The van der Waals surface area contributed by atoms with Gasteiger partial charge in [-0.2, -0.15) is 0 Å². The van der Waals surface area contributed by atoms with Gasteiger partial charge in [-0.25, -0.2) is 0 Å². The Labute approximate surface area is 154 Å². The number of nitro groups is 1. The Hall–Kier alpha value is -2.87. The number of nitro benzene ring substituents is 1. The van der Waals surface area contributed by atoms with Crippen molar-refractivity contribution in [3.63, 3.8) is 0 Å². The molecule has 8 heteroatoms. The second kappa shape index (κ2) is 8.01. The first-order valence-corrected chi connectivity index (χ1v) is 8.95. The third-order valence-corrected chi connectivity index (χ3v) is 4.97. The van der Waals surface area contributed by atoms with Crippen molar-refractivity contribution in [2.45, 2.75) is 17.9 Å². The van der Waals surface area contributed by atoms with Crippen molar-refractivity contribution in [3.8, 4) is 0 Å². The monoisotopic (exact) mass is 372 g/mol. The number of ether oxygens (including phenoxy) is 1. The smallest absolute Gasteiger partial charge is 0.307 e. The molecule has 0 fully saturated rings. The van der Waals surface area contributed by atoms with E-state index in [1.165, 1.54) is 17.8 Å². The van der Waals surface area contributed by atoms with Gasteiger partial charge < -0.3 is 9.64 Å². The lowest BCUT2D eigenvalue weighted by Crippen LogP contribution is -2.37. The highest BCUT2D eigenvalue weighted by Crippen LogP contribution is 2.34. The van der Waals surface area contributed by atoms with Gasteiger partial charge in [0.15, 0.2) is 0 Å². The summed E-state index contributed by atoms with van der Waals surface area (Å²) in [6, 6.07) is 13.7. The summed E-state index contributed by atoms with van der Waals surface area (Å²) >= 11 is 1.48. The Morgan fingerprint density at radius 2 is 1.92 bits per heavy atom. The average Bonchev–Trinajstić information content (AvgIpc) is 2.65. The van der Waals surface area contributed by atoms with Crippen LogP contribution in [-0.4, -0.2) is 29.1 Å². The van der Waals surface area contributed by atoms with Crippen LogP contribution in [0.3, 0.4) is 0 Å². The highest BCUT2D eigenvalue weighted by molar-refractivity contribution is 8.00.